The summed E-state index contributed by atoms with van der Waals surface area (Å²) < 4.78 is 45.4. The number of ether oxygens (including phenoxy) is 1. The minimum absolute atomic E-state index is 0.211. The second-order valence-corrected chi connectivity index (χ2v) is 11.2. The molecule has 2 aliphatic rings. The predicted molar refractivity (Wildman–Crippen MR) is 141 cm³/mol. The summed E-state index contributed by atoms with van der Waals surface area (Å²) in [5.74, 6) is 0.703. The van der Waals surface area contributed by atoms with Crippen LogP contribution in [-0.2, 0) is 11.0 Å². The van der Waals surface area contributed by atoms with Crippen molar-refractivity contribution < 1.29 is 27.9 Å². The number of thiazole rings is 1. The van der Waals surface area contributed by atoms with Crippen LogP contribution < -0.4 is 4.74 Å². The third kappa shape index (κ3) is 6.45. The maximum absolute atomic E-state index is 12.8. The molecule has 38 heavy (non-hydrogen) atoms. The number of aliphatic hydroxyl groups is 1. The number of oxime groups is 1. The molecular weight excluding hydrogens is 517 g/mol. The number of fused-ring (bicyclic) bond motifs is 1. The number of aliphatic hydroxyl groups excluding tert-OH is 1. The molecule has 1 fully saturated rings. The van der Waals surface area contributed by atoms with E-state index in [0.29, 0.717) is 30.8 Å². The fourth-order valence-electron chi connectivity index (χ4n) is 4.95. The van der Waals surface area contributed by atoms with Gasteiger partial charge in [-0.3, -0.25) is 9.80 Å². The first kappa shape index (κ1) is 26.9. The van der Waals surface area contributed by atoms with E-state index in [0.717, 1.165) is 52.7 Å². The third-order valence-electron chi connectivity index (χ3n) is 6.95. The van der Waals surface area contributed by atoms with Crippen molar-refractivity contribution in [1.82, 2.24) is 14.8 Å². The number of aromatic nitrogens is 1. The first-order valence-electron chi connectivity index (χ1n) is 12.7. The molecule has 0 radical (unpaired) electrons. The van der Waals surface area contributed by atoms with Crippen molar-refractivity contribution >= 4 is 27.3 Å². The molecule has 0 spiro atoms. The van der Waals surface area contributed by atoms with Crippen molar-refractivity contribution in [2.75, 3.05) is 39.3 Å². The number of benzene rings is 2. The molecule has 3 atom stereocenters. The minimum atomic E-state index is -4.35. The van der Waals surface area contributed by atoms with Crippen LogP contribution in [0.1, 0.15) is 35.6 Å². The number of hydrogen-bond acceptors (Lipinski definition) is 8. The molecule has 1 aromatic heterocycles. The number of alkyl halides is 3. The lowest BCUT2D eigenvalue weighted by molar-refractivity contribution is -0.137. The van der Waals surface area contributed by atoms with Gasteiger partial charge in [0.25, 0.3) is 0 Å². The Kier molecular flexibility index (Phi) is 7.90. The molecule has 1 N–H and O–H groups in total. The Balaban J connectivity index is 1.05. The zero-order chi connectivity index (χ0) is 26.9. The van der Waals surface area contributed by atoms with Gasteiger partial charge >= 0.3 is 6.18 Å². The van der Waals surface area contributed by atoms with Gasteiger partial charge in [0.2, 0.25) is 0 Å². The zero-order valence-corrected chi connectivity index (χ0v) is 22.1. The maximum Gasteiger partial charge on any atom is 0.416 e. The molecule has 0 bridgehead atoms. The average Bonchev–Trinajstić information content (AvgIpc) is 3.49. The van der Waals surface area contributed by atoms with Crippen LogP contribution in [0.25, 0.3) is 10.2 Å². The first-order valence-corrected chi connectivity index (χ1v) is 13.5. The normalized spacial score (nSPS) is 21.9. The second kappa shape index (κ2) is 11.2. The summed E-state index contributed by atoms with van der Waals surface area (Å²) in [6, 6.07) is 11.1. The van der Waals surface area contributed by atoms with E-state index in [1.54, 1.807) is 11.3 Å². The highest BCUT2D eigenvalue weighted by Gasteiger charge is 2.32. The molecule has 3 unspecified atom stereocenters. The highest BCUT2D eigenvalue weighted by atomic mass is 32.1. The van der Waals surface area contributed by atoms with E-state index < -0.39 is 17.8 Å². The second-order valence-electron chi connectivity index (χ2n) is 9.98. The lowest BCUT2D eigenvalue weighted by Gasteiger charge is -2.40. The number of aryl methyl sites for hydroxylation is 1. The monoisotopic (exact) mass is 548 g/mol. The molecule has 2 aliphatic heterocycles. The molecule has 2 aromatic carbocycles. The van der Waals surface area contributed by atoms with E-state index in [4.69, 9.17) is 9.57 Å². The summed E-state index contributed by atoms with van der Waals surface area (Å²) in [6.07, 6.45) is -4.77. The van der Waals surface area contributed by atoms with Crippen molar-refractivity contribution in [3.8, 4) is 5.75 Å². The summed E-state index contributed by atoms with van der Waals surface area (Å²) in [6.45, 7) is 7.93. The molecule has 11 heteroatoms. The number of piperazine rings is 1. The Morgan fingerprint density at radius 2 is 1.97 bits per heavy atom. The standard InChI is InChI=1S/C27H31F3N4O3S/c1-17-13-33(15-22(35)16-36-23-7-8-26-24(12-23)31-18(2)38-26)9-10-34(17)14-21-11-25(37-32-21)19-3-5-20(6-4-19)27(28,29)30/h3-8,12,17,22,25,35H,9-11,13-16H2,1-2H3. The molecule has 7 nitrogen and oxygen atoms in total. The molecule has 3 heterocycles. The highest BCUT2D eigenvalue weighted by Crippen LogP contribution is 2.33. The zero-order valence-electron chi connectivity index (χ0n) is 21.3. The van der Waals surface area contributed by atoms with Crippen LogP contribution in [-0.4, -0.2) is 77.1 Å². The van der Waals surface area contributed by atoms with E-state index in [2.05, 4.69) is 26.9 Å². The van der Waals surface area contributed by atoms with Crippen LogP contribution in [0.5, 0.6) is 5.75 Å². The quantitative estimate of drug-likeness (QED) is 0.433. The molecule has 3 aromatic rings. The van der Waals surface area contributed by atoms with E-state index >= 15 is 0 Å². The van der Waals surface area contributed by atoms with Gasteiger partial charge in [-0.25, -0.2) is 4.98 Å². The van der Waals surface area contributed by atoms with E-state index in [1.165, 1.54) is 12.1 Å². The summed E-state index contributed by atoms with van der Waals surface area (Å²) in [5.41, 5.74) is 1.81. The number of rotatable bonds is 8. The van der Waals surface area contributed by atoms with Crippen molar-refractivity contribution in [3.05, 3.63) is 58.6 Å². The van der Waals surface area contributed by atoms with Crippen LogP contribution >= 0.6 is 11.3 Å². The summed E-state index contributed by atoms with van der Waals surface area (Å²) >= 11 is 1.64. The van der Waals surface area contributed by atoms with Gasteiger partial charge in [0.05, 0.1) is 26.5 Å². The van der Waals surface area contributed by atoms with Gasteiger partial charge in [-0.2, -0.15) is 13.2 Å². The number of nitrogens with zero attached hydrogens (tertiary/aromatic N) is 4. The topological polar surface area (TPSA) is 70.4 Å². The summed E-state index contributed by atoms with van der Waals surface area (Å²) in [7, 11) is 0. The lowest BCUT2D eigenvalue weighted by atomic mass is 10.0. The van der Waals surface area contributed by atoms with Crippen molar-refractivity contribution in [1.29, 1.82) is 0 Å². The number of halogens is 3. The van der Waals surface area contributed by atoms with Gasteiger partial charge in [0.15, 0.2) is 6.10 Å². The van der Waals surface area contributed by atoms with E-state index in [1.807, 2.05) is 25.1 Å². The van der Waals surface area contributed by atoms with E-state index in [-0.39, 0.29) is 18.8 Å². The van der Waals surface area contributed by atoms with Crippen LogP contribution in [0, 0.1) is 6.92 Å². The summed E-state index contributed by atoms with van der Waals surface area (Å²) in [4.78, 5) is 14.6. The van der Waals surface area contributed by atoms with Crippen LogP contribution in [0.2, 0.25) is 0 Å². The van der Waals surface area contributed by atoms with E-state index in [9.17, 15) is 18.3 Å². The molecule has 0 saturated carbocycles. The molecule has 204 valence electrons. The molecular formula is C27H31F3N4O3S. The van der Waals surface area contributed by atoms with Crippen molar-refractivity contribution in [2.24, 2.45) is 5.16 Å². The SMILES string of the molecule is Cc1nc2cc(OCC(O)CN3CCN(CC4=NOC(c5ccc(C(F)(F)F)cc5)C4)C(C)C3)ccc2s1. The highest BCUT2D eigenvalue weighted by molar-refractivity contribution is 7.18. The van der Waals surface area contributed by atoms with Crippen molar-refractivity contribution in [3.63, 3.8) is 0 Å². The summed E-state index contributed by atoms with van der Waals surface area (Å²) in [5, 5.41) is 15.8. The van der Waals surface area contributed by atoms with Gasteiger partial charge in [-0.1, -0.05) is 17.3 Å². The predicted octanol–water partition coefficient (Wildman–Crippen LogP) is 4.89. The molecule has 1 saturated heterocycles. The van der Waals surface area contributed by atoms with Gasteiger partial charge in [-0.05, 0) is 43.7 Å². The van der Waals surface area contributed by atoms with Crippen LogP contribution in [0.3, 0.4) is 0 Å². The Morgan fingerprint density at radius 3 is 2.71 bits per heavy atom. The smallest absolute Gasteiger partial charge is 0.416 e. The van der Waals surface area contributed by atoms with Crippen LogP contribution in [0.4, 0.5) is 13.2 Å². The third-order valence-corrected chi connectivity index (χ3v) is 7.90. The minimum Gasteiger partial charge on any atom is -0.491 e. The largest absolute Gasteiger partial charge is 0.491 e. The number of β-amino-alcohol motifs (C(OH)–C–C–N with tert-alkyl or cyclic N) is 1. The molecule has 5 rings (SSSR count). The fraction of sp³-hybridized carbons (Fsp3) is 0.481. The molecule has 0 amide bonds. The van der Waals surface area contributed by atoms with Gasteiger partial charge < -0.3 is 14.7 Å². The fourth-order valence-corrected chi connectivity index (χ4v) is 5.75. The van der Waals surface area contributed by atoms with Gasteiger partial charge in [0, 0.05) is 51.3 Å². The first-order chi connectivity index (χ1) is 18.1. The Labute approximate surface area is 223 Å². The maximum atomic E-state index is 12.8. The Hall–Kier alpha value is -2.73. The number of hydrogen-bond donors (Lipinski definition) is 1. The molecule has 0 aliphatic carbocycles. The lowest BCUT2D eigenvalue weighted by Crippen LogP contribution is -2.54. The Morgan fingerprint density at radius 1 is 1.18 bits per heavy atom. The van der Waals surface area contributed by atoms with Crippen LogP contribution in [0.15, 0.2) is 47.6 Å². The Bertz CT molecular complexity index is 1280. The average molecular weight is 549 g/mol. The van der Waals surface area contributed by atoms with Crippen molar-refractivity contribution in [2.45, 2.75) is 44.7 Å². The van der Waals surface area contributed by atoms with Gasteiger partial charge in [0.1, 0.15) is 18.5 Å². The van der Waals surface area contributed by atoms with Gasteiger partial charge in [-0.15, -0.1) is 11.3 Å².